The largest absolute Gasteiger partial charge is 0.487 e. The molecule has 3 aromatic rings. The first-order chi connectivity index (χ1) is 12.0. The van der Waals surface area contributed by atoms with Crippen molar-refractivity contribution in [1.29, 1.82) is 0 Å². The minimum atomic E-state index is -3.64. The van der Waals surface area contributed by atoms with E-state index in [9.17, 15) is 8.42 Å². The van der Waals surface area contributed by atoms with Gasteiger partial charge in [0.25, 0.3) is 5.71 Å². The number of sulfonamides is 1. The average Bonchev–Trinajstić information content (AvgIpc) is 3.23. The topological polar surface area (TPSA) is 98.4 Å². The molecule has 1 aliphatic heterocycles. The van der Waals surface area contributed by atoms with E-state index in [1.165, 1.54) is 10.5 Å². The van der Waals surface area contributed by atoms with Crippen molar-refractivity contribution in [2.24, 2.45) is 0 Å². The number of aromatic nitrogens is 3. The lowest BCUT2D eigenvalue weighted by atomic mass is 10.3. The molecule has 0 aromatic carbocycles. The molecule has 25 heavy (non-hydrogen) atoms. The molecule has 1 saturated heterocycles. The van der Waals surface area contributed by atoms with E-state index in [-0.39, 0.29) is 17.5 Å². The number of nitrogens with zero attached hydrogens (tertiary/aromatic N) is 4. The SMILES string of the molecule is Cc1noc2ncc(S(=O)(=O)N3CC[C@H](Oc4cccnc4)C3)cc12. The van der Waals surface area contributed by atoms with Gasteiger partial charge in [0.1, 0.15) is 16.7 Å². The Balaban J connectivity index is 1.55. The molecule has 0 spiro atoms. The summed E-state index contributed by atoms with van der Waals surface area (Å²) in [6.07, 6.45) is 5.00. The Labute approximate surface area is 144 Å². The van der Waals surface area contributed by atoms with Crippen molar-refractivity contribution in [3.05, 3.63) is 42.5 Å². The summed E-state index contributed by atoms with van der Waals surface area (Å²) in [7, 11) is -3.64. The summed E-state index contributed by atoms with van der Waals surface area (Å²) in [5, 5.41) is 4.40. The van der Waals surface area contributed by atoms with Gasteiger partial charge in [0, 0.05) is 12.7 Å². The van der Waals surface area contributed by atoms with Gasteiger partial charge in [0.15, 0.2) is 0 Å². The monoisotopic (exact) mass is 360 g/mol. The molecule has 0 N–H and O–H groups in total. The first-order valence-electron chi connectivity index (χ1n) is 7.83. The molecule has 9 heteroatoms. The van der Waals surface area contributed by atoms with Crippen LogP contribution in [0, 0.1) is 6.92 Å². The van der Waals surface area contributed by atoms with Gasteiger partial charge in [-0.25, -0.2) is 13.4 Å². The molecule has 4 rings (SSSR count). The van der Waals surface area contributed by atoms with Crippen LogP contribution in [0.3, 0.4) is 0 Å². The zero-order chi connectivity index (χ0) is 17.4. The van der Waals surface area contributed by atoms with E-state index in [1.807, 2.05) is 0 Å². The van der Waals surface area contributed by atoms with Gasteiger partial charge >= 0.3 is 0 Å². The Morgan fingerprint density at radius 3 is 3.04 bits per heavy atom. The van der Waals surface area contributed by atoms with Crippen molar-refractivity contribution in [2.75, 3.05) is 13.1 Å². The van der Waals surface area contributed by atoms with Crippen molar-refractivity contribution >= 4 is 21.1 Å². The summed E-state index contributed by atoms with van der Waals surface area (Å²) in [5.74, 6) is 0.634. The number of fused-ring (bicyclic) bond motifs is 1. The van der Waals surface area contributed by atoms with E-state index in [0.29, 0.717) is 35.5 Å². The average molecular weight is 360 g/mol. The van der Waals surface area contributed by atoms with E-state index in [2.05, 4.69) is 15.1 Å². The Morgan fingerprint density at radius 1 is 1.36 bits per heavy atom. The van der Waals surface area contributed by atoms with E-state index >= 15 is 0 Å². The minimum absolute atomic E-state index is 0.133. The summed E-state index contributed by atoms with van der Waals surface area (Å²) in [6, 6.07) is 5.14. The number of rotatable bonds is 4. The molecule has 3 aromatic heterocycles. The van der Waals surface area contributed by atoms with Crippen LogP contribution in [-0.4, -0.2) is 47.0 Å². The number of hydrogen-bond donors (Lipinski definition) is 0. The summed E-state index contributed by atoms with van der Waals surface area (Å²) in [5.41, 5.74) is 0.939. The zero-order valence-corrected chi connectivity index (χ0v) is 14.3. The van der Waals surface area contributed by atoms with Crippen LogP contribution in [0.4, 0.5) is 0 Å². The lowest BCUT2D eigenvalue weighted by Gasteiger charge is -2.17. The highest BCUT2D eigenvalue weighted by molar-refractivity contribution is 7.89. The van der Waals surface area contributed by atoms with Crippen LogP contribution in [0.1, 0.15) is 12.1 Å². The third kappa shape index (κ3) is 2.96. The molecular weight excluding hydrogens is 344 g/mol. The van der Waals surface area contributed by atoms with Crippen molar-refractivity contribution < 1.29 is 17.7 Å². The normalized spacial score (nSPS) is 18.7. The van der Waals surface area contributed by atoms with Crippen molar-refractivity contribution in [1.82, 2.24) is 19.4 Å². The number of pyridine rings is 2. The Hall–Kier alpha value is -2.52. The molecule has 1 fully saturated rings. The molecule has 1 aliphatic rings. The standard InChI is InChI=1S/C16H16N4O4S/c1-11-15-7-14(9-18-16(15)24-19-11)25(21,22)20-6-4-13(10-20)23-12-3-2-5-17-8-12/h2-3,5,7-9,13H,4,6,10H2,1H3/t13-/m0/s1. The summed E-state index contributed by atoms with van der Waals surface area (Å²) >= 11 is 0. The van der Waals surface area contributed by atoms with Crippen molar-refractivity contribution in [3.8, 4) is 5.75 Å². The highest BCUT2D eigenvalue weighted by atomic mass is 32.2. The highest BCUT2D eigenvalue weighted by Gasteiger charge is 2.34. The first-order valence-corrected chi connectivity index (χ1v) is 9.27. The summed E-state index contributed by atoms with van der Waals surface area (Å²) in [6.45, 7) is 2.43. The van der Waals surface area contributed by atoms with Crippen molar-refractivity contribution in [3.63, 3.8) is 0 Å². The maximum Gasteiger partial charge on any atom is 0.257 e. The van der Waals surface area contributed by atoms with Gasteiger partial charge in [-0.05, 0) is 31.5 Å². The van der Waals surface area contributed by atoms with Gasteiger partial charge in [-0.2, -0.15) is 4.31 Å². The third-order valence-electron chi connectivity index (χ3n) is 4.17. The molecule has 0 bridgehead atoms. The van der Waals surface area contributed by atoms with Gasteiger partial charge in [0.2, 0.25) is 10.0 Å². The predicted molar refractivity (Wildman–Crippen MR) is 88.6 cm³/mol. The number of hydrogen-bond acceptors (Lipinski definition) is 7. The maximum atomic E-state index is 12.9. The van der Waals surface area contributed by atoms with E-state index in [1.54, 1.807) is 37.5 Å². The summed E-state index contributed by atoms with van der Waals surface area (Å²) in [4.78, 5) is 8.18. The zero-order valence-electron chi connectivity index (χ0n) is 13.5. The molecule has 0 saturated carbocycles. The quantitative estimate of drug-likeness (QED) is 0.699. The lowest BCUT2D eigenvalue weighted by Crippen LogP contribution is -2.31. The van der Waals surface area contributed by atoms with Gasteiger partial charge in [-0.1, -0.05) is 5.16 Å². The highest BCUT2D eigenvalue weighted by Crippen LogP contribution is 2.26. The van der Waals surface area contributed by atoms with Crippen LogP contribution < -0.4 is 4.74 Å². The molecule has 0 amide bonds. The second-order valence-corrected chi connectivity index (χ2v) is 7.81. The second kappa shape index (κ2) is 6.08. The fraction of sp³-hybridized carbons (Fsp3) is 0.312. The van der Waals surface area contributed by atoms with Crippen molar-refractivity contribution in [2.45, 2.75) is 24.3 Å². The molecule has 0 radical (unpaired) electrons. The maximum absolute atomic E-state index is 12.9. The molecule has 0 unspecified atom stereocenters. The molecule has 8 nitrogen and oxygen atoms in total. The van der Waals surface area contributed by atoms with E-state index < -0.39 is 10.0 Å². The van der Waals surface area contributed by atoms with Gasteiger partial charge < -0.3 is 9.26 Å². The smallest absolute Gasteiger partial charge is 0.257 e. The van der Waals surface area contributed by atoms with E-state index in [4.69, 9.17) is 9.26 Å². The van der Waals surface area contributed by atoms with Crippen LogP contribution >= 0.6 is 0 Å². The number of aryl methyl sites for hydroxylation is 1. The van der Waals surface area contributed by atoms with Crippen LogP contribution in [-0.2, 0) is 10.0 Å². The van der Waals surface area contributed by atoms with Crippen LogP contribution in [0.25, 0.3) is 11.1 Å². The minimum Gasteiger partial charge on any atom is -0.487 e. The van der Waals surface area contributed by atoms with Gasteiger partial charge in [0.05, 0.1) is 30.0 Å². The van der Waals surface area contributed by atoms with Gasteiger partial charge in [-0.15, -0.1) is 0 Å². The molecule has 130 valence electrons. The summed E-state index contributed by atoms with van der Waals surface area (Å²) < 4.78 is 38.0. The van der Waals surface area contributed by atoms with E-state index in [0.717, 1.165) is 0 Å². The Bertz CT molecular complexity index is 1000. The molecule has 4 heterocycles. The number of ether oxygens (including phenoxy) is 1. The molecule has 0 aliphatic carbocycles. The fourth-order valence-electron chi connectivity index (χ4n) is 2.84. The molecular formula is C16H16N4O4S. The third-order valence-corrected chi connectivity index (χ3v) is 6.00. The predicted octanol–water partition coefficient (Wildman–Crippen LogP) is 1.77. The Kier molecular flexibility index (Phi) is 3.89. The second-order valence-electron chi connectivity index (χ2n) is 5.87. The molecule has 1 atom stereocenters. The van der Waals surface area contributed by atoms with Crippen LogP contribution in [0.2, 0.25) is 0 Å². The first kappa shape index (κ1) is 16.0. The van der Waals surface area contributed by atoms with Gasteiger partial charge in [-0.3, -0.25) is 4.98 Å². The van der Waals surface area contributed by atoms with Crippen LogP contribution in [0.15, 0.2) is 46.2 Å². The Morgan fingerprint density at radius 2 is 2.24 bits per heavy atom. The fourth-order valence-corrected chi connectivity index (χ4v) is 4.30. The van der Waals surface area contributed by atoms with Crippen LogP contribution in [0.5, 0.6) is 5.75 Å². The lowest BCUT2D eigenvalue weighted by molar-refractivity contribution is 0.214.